The maximum Gasteiger partial charge on any atom is 0.338 e. The molecule has 3 aromatic carbocycles. The van der Waals surface area contributed by atoms with Crippen LogP contribution in [-0.4, -0.2) is 29.5 Å². The number of esters is 1. The highest BCUT2D eigenvalue weighted by Crippen LogP contribution is 2.41. The Bertz CT molecular complexity index is 1390. The minimum Gasteiger partial charge on any atom is -0.462 e. The lowest BCUT2D eigenvalue weighted by molar-refractivity contribution is -0.117. The van der Waals surface area contributed by atoms with Gasteiger partial charge in [-0.3, -0.25) is 4.79 Å². The number of benzene rings is 3. The Morgan fingerprint density at radius 1 is 1.03 bits per heavy atom. The largest absolute Gasteiger partial charge is 0.462 e. The predicted molar refractivity (Wildman–Crippen MR) is 140 cm³/mol. The van der Waals surface area contributed by atoms with Crippen LogP contribution >= 0.6 is 0 Å². The number of nitrogens with zero attached hydrogens (tertiary/aromatic N) is 1. The van der Waals surface area contributed by atoms with E-state index in [2.05, 4.69) is 47.6 Å². The Labute approximate surface area is 204 Å². The van der Waals surface area contributed by atoms with Crippen LogP contribution < -0.4 is 10.2 Å². The van der Waals surface area contributed by atoms with E-state index in [0.29, 0.717) is 12.2 Å². The average molecular weight is 468 g/mol. The smallest absolute Gasteiger partial charge is 0.338 e. The number of amides is 1. The van der Waals surface area contributed by atoms with Crippen molar-refractivity contribution in [2.75, 3.05) is 16.8 Å². The Morgan fingerprint density at radius 2 is 1.80 bits per heavy atom. The molecule has 2 heterocycles. The van der Waals surface area contributed by atoms with Crippen molar-refractivity contribution in [3.05, 3.63) is 84.1 Å². The van der Waals surface area contributed by atoms with Crippen molar-refractivity contribution in [1.82, 2.24) is 4.98 Å². The fourth-order valence-electron chi connectivity index (χ4n) is 5.02. The summed E-state index contributed by atoms with van der Waals surface area (Å²) in [5.74, 6) is -0.281. The number of hydrogen-bond donors (Lipinski definition) is 2. The van der Waals surface area contributed by atoms with Gasteiger partial charge in [0.05, 0.1) is 18.2 Å². The molecule has 1 aliphatic rings. The maximum absolute atomic E-state index is 12.5. The zero-order valence-corrected chi connectivity index (χ0v) is 20.2. The monoisotopic (exact) mass is 467 g/mol. The fraction of sp³-hybridized carbons (Fsp3) is 0.241. The lowest BCUT2D eigenvalue weighted by Crippen LogP contribution is -2.43. The van der Waals surface area contributed by atoms with Crippen molar-refractivity contribution >= 4 is 34.2 Å². The molecular formula is C29H29N3O3. The molecule has 0 saturated carbocycles. The second-order valence-corrected chi connectivity index (χ2v) is 9.02. The first kappa shape index (κ1) is 22.7. The average Bonchev–Trinajstić information content (AvgIpc) is 3.32. The van der Waals surface area contributed by atoms with Crippen LogP contribution in [0.1, 0.15) is 49.2 Å². The summed E-state index contributed by atoms with van der Waals surface area (Å²) in [6.07, 6.45) is 2.74. The number of anilines is 2. The molecule has 0 radical (unpaired) electrons. The van der Waals surface area contributed by atoms with E-state index in [1.54, 1.807) is 26.0 Å². The van der Waals surface area contributed by atoms with Gasteiger partial charge in [-0.15, -0.1) is 0 Å². The van der Waals surface area contributed by atoms with Crippen molar-refractivity contribution in [2.45, 2.75) is 39.3 Å². The van der Waals surface area contributed by atoms with E-state index in [1.165, 1.54) is 0 Å². The minimum atomic E-state index is -0.320. The van der Waals surface area contributed by atoms with E-state index in [4.69, 9.17) is 4.74 Å². The summed E-state index contributed by atoms with van der Waals surface area (Å²) in [6.45, 7) is 5.86. The third-order valence-electron chi connectivity index (χ3n) is 6.64. The van der Waals surface area contributed by atoms with Gasteiger partial charge in [-0.1, -0.05) is 18.2 Å². The standard InChI is InChI=1S/C29H29N3O3/c1-4-35-29(34)21-7-5-20(6-8-21)22-9-12-28-25(17-22)27(15-18(2)32(28)19(3)33)31-24-10-11-26-23(16-24)13-14-30-26/h5-14,16-18,27,30-31H,4,15H2,1-3H3/t18-,27+/m0/s1. The number of hydrogen-bond acceptors (Lipinski definition) is 4. The van der Waals surface area contributed by atoms with Crippen LogP contribution in [0.2, 0.25) is 0 Å². The molecule has 4 aromatic rings. The van der Waals surface area contributed by atoms with E-state index >= 15 is 0 Å². The van der Waals surface area contributed by atoms with E-state index in [9.17, 15) is 9.59 Å². The highest BCUT2D eigenvalue weighted by Gasteiger charge is 2.32. The second-order valence-electron chi connectivity index (χ2n) is 9.02. The zero-order chi connectivity index (χ0) is 24.5. The second kappa shape index (κ2) is 9.29. The molecule has 1 aromatic heterocycles. The summed E-state index contributed by atoms with van der Waals surface area (Å²) in [4.78, 5) is 29.7. The Kier molecular flexibility index (Phi) is 6.03. The number of H-pyrrole nitrogens is 1. The number of fused-ring (bicyclic) bond motifs is 2. The van der Waals surface area contributed by atoms with Crippen molar-refractivity contribution in [3.8, 4) is 11.1 Å². The number of ether oxygens (including phenoxy) is 1. The molecule has 0 bridgehead atoms. The van der Waals surface area contributed by atoms with Gasteiger partial charge in [-0.25, -0.2) is 4.79 Å². The first-order valence-corrected chi connectivity index (χ1v) is 12.0. The Morgan fingerprint density at radius 3 is 2.54 bits per heavy atom. The summed E-state index contributed by atoms with van der Waals surface area (Å²) >= 11 is 0. The van der Waals surface area contributed by atoms with Gasteiger partial charge in [0, 0.05) is 41.4 Å². The van der Waals surface area contributed by atoms with Gasteiger partial charge in [0.1, 0.15) is 0 Å². The van der Waals surface area contributed by atoms with Gasteiger partial charge in [-0.05, 0) is 85.5 Å². The summed E-state index contributed by atoms with van der Waals surface area (Å²) in [5.41, 5.74) is 6.73. The van der Waals surface area contributed by atoms with E-state index in [0.717, 1.165) is 45.4 Å². The van der Waals surface area contributed by atoms with Crippen LogP contribution in [0.15, 0.2) is 72.9 Å². The minimum absolute atomic E-state index is 0.0393. The van der Waals surface area contributed by atoms with Gasteiger partial charge >= 0.3 is 5.97 Å². The fourth-order valence-corrected chi connectivity index (χ4v) is 5.02. The van der Waals surface area contributed by atoms with E-state index in [-0.39, 0.29) is 24.0 Å². The van der Waals surface area contributed by atoms with Crippen molar-refractivity contribution in [3.63, 3.8) is 0 Å². The van der Waals surface area contributed by atoms with Crippen LogP contribution in [0.4, 0.5) is 11.4 Å². The third-order valence-corrected chi connectivity index (χ3v) is 6.64. The number of aromatic nitrogens is 1. The molecule has 2 N–H and O–H groups in total. The van der Waals surface area contributed by atoms with Crippen LogP contribution in [0.5, 0.6) is 0 Å². The summed E-state index contributed by atoms with van der Waals surface area (Å²) < 4.78 is 5.10. The molecule has 35 heavy (non-hydrogen) atoms. The third kappa shape index (κ3) is 4.39. The van der Waals surface area contributed by atoms with Crippen molar-refractivity contribution < 1.29 is 14.3 Å². The van der Waals surface area contributed by atoms with Gasteiger partial charge in [-0.2, -0.15) is 0 Å². The molecule has 0 spiro atoms. The van der Waals surface area contributed by atoms with Crippen LogP contribution in [0.25, 0.3) is 22.0 Å². The van der Waals surface area contributed by atoms with E-state index in [1.807, 2.05) is 35.4 Å². The Balaban J connectivity index is 1.51. The van der Waals surface area contributed by atoms with Gasteiger partial charge < -0.3 is 19.9 Å². The molecule has 6 nitrogen and oxygen atoms in total. The first-order chi connectivity index (χ1) is 16.9. The van der Waals surface area contributed by atoms with Crippen LogP contribution in [-0.2, 0) is 9.53 Å². The van der Waals surface area contributed by atoms with Crippen molar-refractivity contribution in [2.24, 2.45) is 0 Å². The van der Waals surface area contributed by atoms with Gasteiger partial charge in [0.2, 0.25) is 5.91 Å². The number of carbonyl (C=O) groups excluding carboxylic acids is 2. The lowest BCUT2D eigenvalue weighted by atomic mass is 9.88. The SMILES string of the molecule is CCOC(=O)c1ccc(-c2ccc3c(c2)[C@H](Nc2ccc4[nH]ccc4c2)C[C@H](C)N3C(C)=O)cc1. The molecule has 0 aliphatic carbocycles. The zero-order valence-electron chi connectivity index (χ0n) is 20.2. The maximum atomic E-state index is 12.5. The lowest BCUT2D eigenvalue weighted by Gasteiger charge is -2.39. The molecule has 0 unspecified atom stereocenters. The van der Waals surface area contributed by atoms with Crippen LogP contribution in [0.3, 0.4) is 0 Å². The molecule has 178 valence electrons. The predicted octanol–water partition coefficient (Wildman–Crippen LogP) is 6.31. The summed E-state index contributed by atoms with van der Waals surface area (Å²) in [6, 6.07) is 22.2. The number of carbonyl (C=O) groups is 2. The molecular weight excluding hydrogens is 438 g/mol. The summed E-state index contributed by atoms with van der Waals surface area (Å²) in [7, 11) is 0. The Hall–Kier alpha value is -4.06. The molecule has 2 atom stereocenters. The highest BCUT2D eigenvalue weighted by molar-refractivity contribution is 5.95. The molecule has 6 heteroatoms. The topological polar surface area (TPSA) is 74.4 Å². The number of aromatic amines is 1. The molecule has 5 rings (SSSR count). The van der Waals surface area contributed by atoms with Crippen LogP contribution in [0, 0.1) is 0 Å². The van der Waals surface area contributed by atoms with Gasteiger partial charge in [0.15, 0.2) is 0 Å². The van der Waals surface area contributed by atoms with Crippen molar-refractivity contribution in [1.29, 1.82) is 0 Å². The van der Waals surface area contributed by atoms with E-state index < -0.39 is 0 Å². The quantitative estimate of drug-likeness (QED) is 0.337. The molecule has 1 amide bonds. The first-order valence-electron chi connectivity index (χ1n) is 12.0. The number of nitrogens with one attached hydrogen (secondary N) is 2. The molecule has 1 aliphatic heterocycles. The normalized spacial score (nSPS) is 17.2. The number of rotatable bonds is 5. The molecule has 0 saturated heterocycles. The summed E-state index contributed by atoms with van der Waals surface area (Å²) in [5, 5.41) is 4.87. The van der Waals surface area contributed by atoms with Gasteiger partial charge in [0.25, 0.3) is 0 Å². The highest BCUT2D eigenvalue weighted by atomic mass is 16.5. The molecule has 0 fully saturated rings.